The quantitative estimate of drug-likeness (QED) is 0.551. The van der Waals surface area contributed by atoms with E-state index in [1.54, 1.807) is 0 Å². The minimum Gasteiger partial charge on any atom is -0.461 e. The molecule has 1 amide bonds. The molecule has 0 aliphatic carbocycles. The molecule has 5 nitrogen and oxygen atoms in total. The van der Waals surface area contributed by atoms with E-state index in [9.17, 15) is 40.3 Å². The zero-order chi connectivity index (χ0) is 19.3. The first kappa shape index (κ1) is 22.2. The van der Waals surface area contributed by atoms with Crippen molar-refractivity contribution in [2.45, 2.75) is 57.4 Å². The van der Waals surface area contributed by atoms with Crippen molar-refractivity contribution in [2.24, 2.45) is 0 Å². The van der Waals surface area contributed by atoms with Gasteiger partial charge in [-0.3, -0.25) is 0 Å². The van der Waals surface area contributed by atoms with Gasteiger partial charge in [0, 0.05) is 6.42 Å². The molecular weight excluding hydrogens is 355 g/mol. The van der Waals surface area contributed by atoms with Gasteiger partial charge in [-0.25, -0.2) is 9.59 Å². The second-order valence-electron chi connectivity index (χ2n) is 4.88. The summed E-state index contributed by atoms with van der Waals surface area (Å²) >= 11 is 0. The lowest BCUT2D eigenvalue weighted by atomic mass is 10.0. The Bertz CT molecular complexity index is 451. The molecule has 0 aliphatic heterocycles. The smallest absolute Gasteiger partial charge is 0.459 e. The summed E-state index contributed by atoms with van der Waals surface area (Å²) in [5, 5.41) is 1.49. The van der Waals surface area contributed by atoms with E-state index >= 15 is 0 Å². The summed E-state index contributed by atoms with van der Waals surface area (Å²) in [4.78, 5) is 22.8. The van der Waals surface area contributed by atoms with Crippen LogP contribution in [0.2, 0.25) is 0 Å². The summed E-state index contributed by atoms with van der Waals surface area (Å²) in [6.45, 7) is 3.61. The number of rotatable bonds is 7. The predicted octanol–water partition coefficient (Wildman–Crippen LogP) is 3.28. The molecule has 0 radical (unpaired) electrons. The Labute approximate surface area is 132 Å². The van der Waals surface area contributed by atoms with Crippen molar-refractivity contribution in [1.82, 2.24) is 5.32 Å². The second kappa shape index (κ2) is 7.88. The van der Waals surface area contributed by atoms with Crippen LogP contribution in [0.3, 0.4) is 0 Å². The highest BCUT2D eigenvalue weighted by molar-refractivity contribution is 5.81. The number of hydrogen-bond acceptors (Lipinski definition) is 4. The van der Waals surface area contributed by atoms with Gasteiger partial charge in [-0.2, -0.15) is 30.7 Å². The average Bonchev–Trinajstić information content (AvgIpc) is 2.35. The molecule has 0 saturated carbocycles. The zero-order valence-corrected chi connectivity index (χ0v) is 12.8. The van der Waals surface area contributed by atoms with Gasteiger partial charge in [0.15, 0.2) is 0 Å². The molecule has 1 N–H and O–H groups in total. The number of carbonyl (C=O) groups excluding carboxylic acids is 2. The molecule has 142 valence electrons. The Morgan fingerprint density at radius 2 is 1.54 bits per heavy atom. The van der Waals surface area contributed by atoms with Gasteiger partial charge in [0.05, 0.1) is 12.7 Å². The molecule has 12 heteroatoms. The van der Waals surface area contributed by atoms with E-state index in [0.29, 0.717) is 0 Å². The molecule has 0 aliphatic rings. The molecule has 0 aromatic carbocycles. The fourth-order valence-electron chi connectivity index (χ4n) is 1.41. The Morgan fingerprint density at radius 3 is 1.92 bits per heavy atom. The average molecular weight is 371 g/mol. The maximum absolute atomic E-state index is 13.4. The van der Waals surface area contributed by atoms with Crippen molar-refractivity contribution in [3.05, 3.63) is 0 Å². The third-order valence-corrected chi connectivity index (χ3v) is 2.48. The number of alkyl carbamates (subject to hydrolysis) is 1. The van der Waals surface area contributed by atoms with Crippen molar-refractivity contribution in [2.75, 3.05) is 6.61 Å². The van der Waals surface area contributed by atoms with Gasteiger partial charge >= 0.3 is 30.1 Å². The minimum absolute atomic E-state index is 0.257. The monoisotopic (exact) mass is 371 g/mol. The van der Waals surface area contributed by atoms with Crippen LogP contribution in [0.4, 0.5) is 35.5 Å². The van der Waals surface area contributed by atoms with Crippen LogP contribution in [0.1, 0.15) is 27.2 Å². The number of esters is 1. The maximum Gasteiger partial charge on any atom is 0.459 e. The topological polar surface area (TPSA) is 64.6 Å². The lowest BCUT2D eigenvalue weighted by Crippen LogP contribution is -2.56. The summed E-state index contributed by atoms with van der Waals surface area (Å²) < 4.78 is 97.7. The fraction of sp³-hybridized carbons (Fsp3) is 0.833. The molecule has 1 unspecified atom stereocenters. The van der Waals surface area contributed by atoms with Crippen molar-refractivity contribution in [3.63, 3.8) is 0 Å². The fourth-order valence-corrected chi connectivity index (χ4v) is 1.41. The van der Waals surface area contributed by atoms with Crippen LogP contribution in [0.5, 0.6) is 0 Å². The van der Waals surface area contributed by atoms with E-state index in [2.05, 4.69) is 9.47 Å². The molecule has 0 bridgehead atoms. The lowest BCUT2D eigenvalue weighted by Gasteiger charge is -2.30. The summed E-state index contributed by atoms with van der Waals surface area (Å²) in [5.74, 6) is -13.7. The largest absolute Gasteiger partial charge is 0.461 e. The molecular formula is C12H16F7NO4. The van der Waals surface area contributed by atoms with Crippen molar-refractivity contribution >= 4 is 12.1 Å². The highest BCUT2D eigenvalue weighted by atomic mass is 19.4. The van der Waals surface area contributed by atoms with E-state index in [-0.39, 0.29) is 6.61 Å². The molecule has 1 atom stereocenters. The summed E-state index contributed by atoms with van der Waals surface area (Å²) in [5.41, 5.74) is 0. The third kappa shape index (κ3) is 5.71. The normalized spacial score (nSPS) is 14.3. The zero-order valence-electron chi connectivity index (χ0n) is 12.8. The number of alkyl halides is 7. The van der Waals surface area contributed by atoms with Crippen LogP contribution in [0.15, 0.2) is 0 Å². The first-order valence-electron chi connectivity index (χ1n) is 6.61. The number of nitrogens with one attached hydrogen (secondary N) is 1. The first-order valence-corrected chi connectivity index (χ1v) is 6.61. The van der Waals surface area contributed by atoms with Crippen LogP contribution in [0, 0.1) is 0 Å². The van der Waals surface area contributed by atoms with E-state index in [1.165, 1.54) is 26.1 Å². The number of halogens is 7. The van der Waals surface area contributed by atoms with Crippen molar-refractivity contribution in [3.8, 4) is 0 Å². The lowest BCUT2D eigenvalue weighted by molar-refractivity contribution is -0.356. The van der Waals surface area contributed by atoms with E-state index in [0.717, 1.165) is 0 Å². The van der Waals surface area contributed by atoms with Crippen LogP contribution in [0.25, 0.3) is 0 Å². The SMILES string of the molecule is CCOC(=O)NC(CC(F)(F)C(F)(F)C(F)(F)F)C(=O)OC(C)C. The van der Waals surface area contributed by atoms with Crippen molar-refractivity contribution < 1.29 is 49.8 Å². The Balaban J connectivity index is 5.43. The summed E-state index contributed by atoms with van der Waals surface area (Å²) in [7, 11) is 0. The molecule has 0 spiro atoms. The Hall–Kier alpha value is -1.75. The Kier molecular flexibility index (Phi) is 7.31. The van der Waals surface area contributed by atoms with Gasteiger partial charge in [-0.05, 0) is 20.8 Å². The van der Waals surface area contributed by atoms with E-state index in [1.807, 2.05) is 0 Å². The van der Waals surface area contributed by atoms with Gasteiger partial charge in [0.1, 0.15) is 6.04 Å². The van der Waals surface area contributed by atoms with Gasteiger partial charge in [0.25, 0.3) is 0 Å². The number of amides is 1. The molecule has 0 aromatic rings. The number of carbonyl (C=O) groups is 2. The molecule has 0 aromatic heterocycles. The number of ether oxygens (including phenoxy) is 2. The highest BCUT2D eigenvalue weighted by Crippen LogP contribution is 2.48. The third-order valence-electron chi connectivity index (χ3n) is 2.48. The minimum atomic E-state index is -6.55. The van der Waals surface area contributed by atoms with Crippen LogP contribution < -0.4 is 5.32 Å². The summed E-state index contributed by atoms with van der Waals surface area (Å²) in [6, 6.07) is -2.46. The van der Waals surface area contributed by atoms with Gasteiger partial charge in [-0.1, -0.05) is 0 Å². The van der Waals surface area contributed by atoms with Crippen molar-refractivity contribution in [1.29, 1.82) is 0 Å². The molecule has 0 heterocycles. The van der Waals surface area contributed by atoms with E-state index in [4.69, 9.17) is 0 Å². The van der Waals surface area contributed by atoms with Crippen LogP contribution in [-0.4, -0.2) is 48.8 Å². The van der Waals surface area contributed by atoms with Crippen LogP contribution >= 0.6 is 0 Å². The molecule has 0 saturated heterocycles. The molecule has 0 rings (SSSR count). The molecule has 24 heavy (non-hydrogen) atoms. The van der Waals surface area contributed by atoms with E-state index < -0.39 is 48.7 Å². The Morgan fingerprint density at radius 1 is 1.04 bits per heavy atom. The van der Waals surface area contributed by atoms with Crippen LogP contribution in [-0.2, 0) is 14.3 Å². The van der Waals surface area contributed by atoms with Gasteiger partial charge in [-0.15, -0.1) is 0 Å². The molecule has 0 fully saturated rings. The number of hydrogen-bond donors (Lipinski definition) is 1. The van der Waals surface area contributed by atoms with Gasteiger partial charge in [0.2, 0.25) is 0 Å². The summed E-state index contributed by atoms with van der Waals surface area (Å²) in [6.07, 6.45) is -11.2. The standard InChI is InChI=1S/C12H16F7NO4/c1-4-23-9(22)20-7(8(21)24-6(2)3)5-10(13,14)11(15,16)12(17,18)19/h6-7H,4-5H2,1-3H3,(H,20,22). The predicted molar refractivity (Wildman–Crippen MR) is 65.7 cm³/mol. The van der Waals surface area contributed by atoms with Gasteiger partial charge < -0.3 is 14.8 Å². The highest BCUT2D eigenvalue weighted by Gasteiger charge is 2.73. The second-order valence-corrected chi connectivity index (χ2v) is 4.88. The first-order chi connectivity index (χ1) is 10.7. The maximum atomic E-state index is 13.4.